The Labute approximate surface area is 330 Å². The van der Waals surface area contributed by atoms with Crippen LogP contribution in [0.2, 0.25) is 0 Å². The van der Waals surface area contributed by atoms with Crippen molar-refractivity contribution in [2.75, 3.05) is 0 Å². The van der Waals surface area contributed by atoms with E-state index in [1.165, 1.54) is 19.5 Å². The van der Waals surface area contributed by atoms with E-state index in [1.54, 1.807) is 22.7 Å². The van der Waals surface area contributed by atoms with Crippen molar-refractivity contribution in [2.45, 2.75) is 0 Å². The van der Waals surface area contributed by atoms with Gasteiger partial charge in [0.25, 0.3) is 0 Å². The normalized spacial score (nSPS) is 11.6. The second kappa shape index (κ2) is 13.4. The Morgan fingerprint density at radius 2 is 0.839 bits per heavy atom. The number of thiophene rings is 2. The molecule has 0 spiro atoms. The van der Waals surface area contributed by atoms with E-state index in [0.717, 1.165) is 65.6 Å². The highest BCUT2D eigenvalue weighted by atomic mass is 32.1. The van der Waals surface area contributed by atoms with Gasteiger partial charge in [0, 0.05) is 58.1 Å². The molecule has 11 rings (SSSR count). The predicted molar refractivity (Wildman–Crippen MR) is 234 cm³/mol. The molecule has 7 aromatic carbocycles. The first-order valence-corrected chi connectivity index (χ1v) is 20.1. The van der Waals surface area contributed by atoms with Crippen molar-refractivity contribution < 1.29 is 0 Å². The summed E-state index contributed by atoms with van der Waals surface area (Å²) in [5.41, 5.74) is 9.15. The van der Waals surface area contributed by atoms with Gasteiger partial charge in [-0.05, 0) is 29.3 Å². The number of nitrogens with zero attached hydrogens (tertiary/aromatic N) is 5. The molecule has 0 N–H and O–H groups in total. The lowest BCUT2D eigenvalue weighted by atomic mass is 9.99. The van der Waals surface area contributed by atoms with Gasteiger partial charge in [0.05, 0.1) is 15.9 Å². The van der Waals surface area contributed by atoms with Crippen LogP contribution in [0.1, 0.15) is 0 Å². The van der Waals surface area contributed by atoms with E-state index in [1.807, 2.05) is 66.7 Å². The monoisotopic (exact) mass is 751 g/mol. The average molecular weight is 752 g/mol. The molecule has 0 aliphatic carbocycles. The Hall–Kier alpha value is -6.93. The van der Waals surface area contributed by atoms with Crippen LogP contribution < -0.4 is 0 Å². The largest absolute Gasteiger partial charge is 0.226 e. The highest BCUT2D eigenvalue weighted by Crippen LogP contribution is 2.45. The maximum atomic E-state index is 5.25. The summed E-state index contributed by atoms with van der Waals surface area (Å²) in [5.74, 6) is 2.66. The summed E-state index contributed by atoms with van der Waals surface area (Å²) in [6.45, 7) is 0. The van der Waals surface area contributed by atoms with Crippen molar-refractivity contribution in [1.29, 1.82) is 0 Å². The van der Waals surface area contributed by atoms with Gasteiger partial charge >= 0.3 is 0 Å². The van der Waals surface area contributed by atoms with Crippen molar-refractivity contribution in [3.63, 3.8) is 0 Å². The lowest BCUT2D eigenvalue weighted by Crippen LogP contribution is -2.00. The number of hydrogen-bond donors (Lipinski definition) is 0. The van der Waals surface area contributed by atoms with E-state index >= 15 is 0 Å². The fourth-order valence-corrected chi connectivity index (χ4v) is 9.95. The standard InChI is InChI=1S/C49H29N5S2/c1-4-15-30(16-5-1)42-45-43(36-23-10-11-27-39(36)55-45)51-48(50-42)34-22-12-21-33(29-34)35-24-13-25-37-41-38(26-14-28-40(41)56-44(35)37)49-53-46(31-17-6-2-7-18-31)52-47(54-49)32-19-8-3-9-20-32/h1-29H. The summed E-state index contributed by atoms with van der Waals surface area (Å²) in [5, 5.41) is 3.46. The fraction of sp³-hybridized carbons (Fsp3) is 0. The topological polar surface area (TPSA) is 64.5 Å². The van der Waals surface area contributed by atoms with Crippen LogP contribution in [0.15, 0.2) is 176 Å². The molecule has 0 atom stereocenters. The molecule has 11 aromatic rings. The molecule has 0 radical (unpaired) electrons. The van der Waals surface area contributed by atoms with Crippen LogP contribution in [-0.2, 0) is 0 Å². The van der Waals surface area contributed by atoms with Crippen LogP contribution in [0.25, 0.3) is 108 Å². The van der Waals surface area contributed by atoms with E-state index in [2.05, 4.69) is 109 Å². The van der Waals surface area contributed by atoms with Gasteiger partial charge in [0.15, 0.2) is 23.3 Å². The predicted octanol–water partition coefficient (Wildman–Crippen LogP) is 13.4. The van der Waals surface area contributed by atoms with Crippen LogP contribution in [0.4, 0.5) is 0 Å². The molecule has 0 saturated heterocycles. The third-order valence-corrected chi connectivity index (χ3v) is 12.5. The molecule has 0 fully saturated rings. The van der Waals surface area contributed by atoms with Crippen LogP contribution in [0, 0.1) is 0 Å². The Bertz CT molecular complexity index is 3190. The van der Waals surface area contributed by atoms with E-state index in [0.29, 0.717) is 23.3 Å². The lowest BCUT2D eigenvalue weighted by Gasteiger charge is -2.10. The molecule has 0 amide bonds. The van der Waals surface area contributed by atoms with Gasteiger partial charge in [-0.2, -0.15) is 0 Å². The lowest BCUT2D eigenvalue weighted by molar-refractivity contribution is 1.08. The van der Waals surface area contributed by atoms with Crippen LogP contribution >= 0.6 is 22.7 Å². The molecular formula is C49H29N5S2. The number of fused-ring (bicyclic) bond motifs is 6. The number of benzene rings is 7. The molecule has 0 saturated carbocycles. The molecule has 0 aliphatic rings. The summed E-state index contributed by atoms with van der Waals surface area (Å²) in [6, 6.07) is 60.9. The molecule has 0 aliphatic heterocycles. The van der Waals surface area contributed by atoms with Crippen LogP contribution in [0.3, 0.4) is 0 Å². The summed E-state index contributed by atoms with van der Waals surface area (Å²) in [7, 11) is 0. The summed E-state index contributed by atoms with van der Waals surface area (Å²) in [6.07, 6.45) is 0. The molecule has 56 heavy (non-hydrogen) atoms. The highest BCUT2D eigenvalue weighted by molar-refractivity contribution is 7.26. The first-order valence-electron chi connectivity index (χ1n) is 18.4. The second-order valence-corrected chi connectivity index (χ2v) is 15.7. The van der Waals surface area contributed by atoms with E-state index < -0.39 is 0 Å². The zero-order valence-corrected chi connectivity index (χ0v) is 31.4. The maximum absolute atomic E-state index is 5.25. The Kier molecular flexibility index (Phi) is 7.79. The van der Waals surface area contributed by atoms with Crippen LogP contribution in [-0.4, -0.2) is 24.9 Å². The van der Waals surface area contributed by atoms with Gasteiger partial charge in [0.1, 0.15) is 0 Å². The third-order valence-electron chi connectivity index (χ3n) is 10.2. The molecule has 0 bridgehead atoms. The Morgan fingerprint density at radius 3 is 1.59 bits per heavy atom. The SMILES string of the molecule is c1ccc(-c2nc(-c3ccccc3)nc(-c3cccc4sc5c(-c6cccc(-c7nc(-c8ccccc8)c8sc9ccccc9c8n7)c6)cccc5c34)n2)cc1. The fourth-order valence-electron chi connectivity index (χ4n) is 7.53. The van der Waals surface area contributed by atoms with Gasteiger partial charge in [-0.25, -0.2) is 24.9 Å². The molecule has 0 unspecified atom stereocenters. The molecule has 4 aromatic heterocycles. The van der Waals surface area contributed by atoms with Crippen molar-refractivity contribution in [3.8, 4) is 67.9 Å². The minimum atomic E-state index is 0.648. The Balaban J connectivity index is 1.07. The number of rotatable bonds is 6. The van der Waals surface area contributed by atoms with Gasteiger partial charge in [-0.3, -0.25) is 0 Å². The van der Waals surface area contributed by atoms with E-state index in [9.17, 15) is 0 Å². The van der Waals surface area contributed by atoms with E-state index in [-0.39, 0.29) is 0 Å². The van der Waals surface area contributed by atoms with Gasteiger partial charge in [0.2, 0.25) is 0 Å². The third kappa shape index (κ3) is 5.56. The molecule has 4 heterocycles. The molecule has 262 valence electrons. The van der Waals surface area contributed by atoms with Gasteiger partial charge in [-0.1, -0.05) is 158 Å². The first kappa shape index (κ1) is 32.5. The quantitative estimate of drug-likeness (QED) is 0.169. The van der Waals surface area contributed by atoms with Crippen molar-refractivity contribution in [3.05, 3.63) is 176 Å². The zero-order valence-electron chi connectivity index (χ0n) is 29.8. The minimum Gasteiger partial charge on any atom is -0.226 e. The van der Waals surface area contributed by atoms with Gasteiger partial charge < -0.3 is 0 Å². The highest BCUT2D eigenvalue weighted by Gasteiger charge is 2.20. The summed E-state index contributed by atoms with van der Waals surface area (Å²) >= 11 is 3.55. The Morgan fingerprint density at radius 1 is 0.321 bits per heavy atom. The second-order valence-electron chi connectivity index (χ2n) is 13.6. The summed E-state index contributed by atoms with van der Waals surface area (Å²) < 4.78 is 4.70. The first-order chi connectivity index (χ1) is 27.7. The number of aromatic nitrogens is 5. The molecule has 5 nitrogen and oxygen atoms in total. The van der Waals surface area contributed by atoms with Crippen LogP contribution in [0.5, 0.6) is 0 Å². The smallest absolute Gasteiger partial charge is 0.164 e. The summed E-state index contributed by atoms with van der Waals surface area (Å²) in [4.78, 5) is 25.6. The van der Waals surface area contributed by atoms with Crippen molar-refractivity contribution >= 4 is 63.1 Å². The van der Waals surface area contributed by atoms with Crippen molar-refractivity contribution in [2.24, 2.45) is 0 Å². The molecule has 7 heteroatoms. The maximum Gasteiger partial charge on any atom is 0.164 e. The van der Waals surface area contributed by atoms with Gasteiger partial charge in [-0.15, -0.1) is 22.7 Å². The van der Waals surface area contributed by atoms with Crippen molar-refractivity contribution in [1.82, 2.24) is 24.9 Å². The average Bonchev–Trinajstić information content (AvgIpc) is 3.86. The number of hydrogen-bond acceptors (Lipinski definition) is 7. The minimum absolute atomic E-state index is 0.648. The zero-order chi connectivity index (χ0) is 37.0. The molecular weight excluding hydrogens is 723 g/mol. The van der Waals surface area contributed by atoms with E-state index in [4.69, 9.17) is 24.9 Å².